The predicted octanol–water partition coefficient (Wildman–Crippen LogP) is 2.89. The summed E-state index contributed by atoms with van der Waals surface area (Å²) in [5, 5.41) is 0.848. The van der Waals surface area contributed by atoms with Crippen molar-refractivity contribution in [2.45, 2.75) is 11.7 Å². The number of thiophene rings is 1. The van der Waals surface area contributed by atoms with E-state index in [4.69, 9.17) is 11.6 Å². The van der Waals surface area contributed by atoms with Crippen molar-refractivity contribution in [1.29, 1.82) is 0 Å². The van der Waals surface area contributed by atoms with Crippen LogP contribution in [0.25, 0.3) is 0 Å². The average Bonchev–Trinajstić information content (AvgIpc) is 2.95. The highest BCUT2D eigenvalue weighted by atomic mass is 35.5. The molecule has 0 N–H and O–H groups in total. The fourth-order valence-electron chi connectivity index (χ4n) is 1.49. The third-order valence-corrected chi connectivity index (χ3v) is 4.81. The number of imidazole rings is 1. The number of aryl methyl sites for hydroxylation is 1. The normalized spacial score (nSPS) is 10.7. The molecule has 0 spiro atoms. The number of rotatable bonds is 5. The molecule has 0 atom stereocenters. The molecule has 0 saturated carbocycles. The van der Waals surface area contributed by atoms with E-state index in [0.717, 1.165) is 14.4 Å². The van der Waals surface area contributed by atoms with Gasteiger partial charge >= 0.3 is 0 Å². The van der Waals surface area contributed by atoms with E-state index in [1.165, 1.54) is 23.1 Å². The van der Waals surface area contributed by atoms with Gasteiger partial charge in [0, 0.05) is 31.4 Å². The van der Waals surface area contributed by atoms with E-state index < -0.39 is 0 Å². The Morgan fingerprint density at radius 1 is 1.58 bits per heavy atom. The van der Waals surface area contributed by atoms with Crippen LogP contribution in [0.3, 0.4) is 0 Å². The molecule has 0 aliphatic carbocycles. The molecule has 1 amide bonds. The highest BCUT2D eigenvalue weighted by Gasteiger charge is 2.12. The zero-order chi connectivity index (χ0) is 13.8. The molecule has 0 unspecified atom stereocenters. The third kappa shape index (κ3) is 3.99. The molecule has 2 aromatic rings. The van der Waals surface area contributed by atoms with E-state index in [2.05, 4.69) is 4.98 Å². The first-order chi connectivity index (χ1) is 9.06. The van der Waals surface area contributed by atoms with Crippen molar-refractivity contribution in [3.63, 3.8) is 0 Å². The minimum Gasteiger partial charge on any atom is -0.340 e. The number of amides is 1. The van der Waals surface area contributed by atoms with Crippen LogP contribution in [0.5, 0.6) is 0 Å². The number of halogens is 1. The largest absolute Gasteiger partial charge is 0.340 e. The number of thioether (sulfide) groups is 1. The molecule has 2 rings (SSSR count). The lowest BCUT2D eigenvalue weighted by atomic mass is 10.4. The van der Waals surface area contributed by atoms with Gasteiger partial charge in [-0.2, -0.15) is 0 Å². The molecular formula is C12H14ClN3OS2. The molecule has 102 valence electrons. The van der Waals surface area contributed by atoms with Gasteiger partial charge in [0.25, 0.3) is 0 Å². The fraction of sp³-hybridized carbons (Fsp3) is 0.333. The van der Waals surface area contributed by atoms with Crippen LogP contribution < -0.4 is 0 Å². The summed E-state index contributed by atoms with van der Waals surface area (Å²) in [6, 6.07) is 3.80. The fourth-order valence-corrected chi connectivity index (χ4v) is 3.50. The summed E-state index contributed by atoms with van der Waals surface area (Å²) in [6.45, 7) is 0.595. The Balaban J connectivity index is 1.84. The van der Waals surface area contributed by atoms with Crippen LogP contribution in [-0.4, -0.2) is 33.2 Å². The highest BCUT2D eigenvalue weighted by molar-refractivity contribution is 7.99. The number of aromatic nitrogens is 2. The monoisotopic (exact) mass is 315 g/mol. The quantitative estimate of drug-likeness (QED) is 0.796. The predicted molar refractivity (Wildman–Crippen MR) is 79.7 cm³/mol. The molecular weight excluding hydrogens is 302 g/mol. The van der Waals surface area contributed by atoms with E-state index >= 15 is 0 Å². The summed E-state index contributed by atoms with van der Waals surface area (Å²) in [5.74, 6) is 0.470. The van der Waals surface area contributed by atoms with Gasteiger partial charge in [-0.1, -0.05) is 23.4 Å². The topological polar surface area (TPSA) is 38.1 Å². The molecule has 2 heterocycles. The maximum atomic E-state index is 12.0. The van der Waals surface area contributed by atoms with Gasteiger partial charge < -0.3 is 9.47 Å². The molecule has 0 bridgehead atoms. The van der Waals surface area contributed by atoms with Crippen molar-refractivity contribution in [3.05, 3.63) is 33.7 Å². The van der Waals surface area contributed by atoms with Gasteiger partial charge in [-0.25, -0.2) is 4.98 Å². The van der Waals surface area contributed by atoms with Gasteiger partial charge in [0.15, 0.2) is 5.16 Å². The second kappa shape index (κ2) is 6.45. The van der Waals surface area contributed by atoms with Gasteiger partial charge in [-0.15, -0.1) is 11.3 Å². The summed E-state index contributed by atoms with van der Waals surface area (Å²) in [7, 11) is 3.71. The van der Waals surface area contributed by atoms with E-state index in [9.17, 15) is 4.79 Å². The van der Waals surface area contributed by atoms with Crippen molar-refractivity contribution < 1.29 is 4.79 Å². The Kier molecular flexibility index (Phi) is 4.90. The molecule has 0 aliphatic rings. The number of hydrogen-bond donors (Lipinski definition) is 0. The molecule has 19 heavy (non-hydrogen) atoms. The van der Waals surface area contributed by atoms with Crippen LogP contribution in [0, 0.1) is 0 Å². The van der Waals surface area contributed by atoms with E-state index in [0.29, 0.717) is 12.3 Å². The Hall–Kier alpha value is -0.980. The Morgan fingerprint density at radius 2 is 2.37 bits per heavy atom. The molecule has 0 aliphatic heterocycles. The van der Waals surface area contributed by atoms with Crippen LogP contribution in [0.4, 0.5) is 0 Å². The van der Waals surface area contributed by atoms with Crippen molar-refractivity contribution in [2.24, 2.45) is 7.05 Å². The molecule has 0 saturated heterocycles. The van der Waals surface area contributed by atoms with Crippen LogP contribution in [0.1, 0.15) is 4.88 Å². The van der Waals surface area contributed by atoms with Gasteiger partial charge in [0.05, 0.1) is 16.6 Å². The number of hydrogen-bond acceptors (Lipinski definition) is 4. The minimum absolute atomic E-state index is 0.0810. The zero-order valence-corrected chi connectivity index (χ0v) is 13.1. The number of carbonyl (C=O) groups excluding carboxylic acids is 1. The molecule has 7 heteroatoms. The second-order valence-electron chi connectivity index (χ2n) is 4.07. The Bertz CT molecular complexity index is 567. The summed E-state index contributed by atoms with van der Waals surface area (Å²) in [6.07, 6.45) is 3.59. The maximum absolute atomic E-state index is 12.0. The Morgan fingerprint density at radius 3 is 2.95 bits per heavy atom. The van der Waals surface area contributed by atoms with Gasteiger partial charge in [0.1, 0.15) is 0 Å². The highest BCUT2D eigenvalue weighted by Crippen LogP contribution is 2.23. The summed E-state index contributed by atoms with van der Waals surface area (Å²) in [4.78, 5) is 19.0. The lowest BCUT2D eigenvalue weighted by molar-refractivity contribution is -0.127. The van der Waals surface area contributed by atoms with Crippen LogP contribution in [0.15, 0.2) is 29.7 Å². The van der Waals surface area contributed by atoms with Crippen molar-refractivity contribution in [1.82, 2.24) is 14.5 Å². The summed E-state index contributed by atoms with van der Waals surface area (Å²) >= 11 is 8.81. The van der Waals surface area contributed by atoms with Gasteiger partial charge in [0.2, 0.25) is 5.91 Å². The van der Waals surface area contributed by atoms with Crippen molar-refractivity contribution in [2.75, 3.05) is 12.8 Å². The van der Waals surface area contributed by atoms with E-state index in [1.807, 2.05) is 29.9 Å². The third-order valence-electron chi connectivity index (χ3n) is 2.55. The number of nitrogens with zero attached hydrogens (tertiary/aromatic N) is 3. The molecule has 2 aromatic heterocycles. The lowest BCUT2D eigenvalue weighted by Crippen LogP contribution is -2.27. The maximum Gasteiger partial charge on any atom is 0.233 e. The number of carbonyl (C=O) groups is 1. The standard InChI is InChI=1S/C12H14ClN3OS2/c1-15-6-5-14-12(15)18-8-11(17)16(2)7-9-3-4-10(13)19-9/h3-6H,7-8H2,1-2H3. The SMILES string of the molecule is CN(Cc1ccc(Cl)s1)C(=O)CSc1nccn1C. The van der Waals surface area contributed by atoms with E-state index in [-0.39, 0.29) is 5.91 Å². The molecule has 4 nitrogen and oxygen atoms in total. The summed E-state index contributed by atoms with van der Waals surface area (Å²) < 4.78 is 2.65. The van der Waals surface area contributed by atoms with Crippen LogP contribution in [0.2, 0.25) is 4.34 Å². The smallest absolute Gasteiger partial charge is 0.233 e. The first-order valence-corrected chi connectivity index (χ1v) is 7.82. The minimum atomic E-state index is 0.0810. The van der Waals surface area contributed by atoms with Crippen molar-refractivity contribution >= 4 is 40.6 Å². The second-order valence-corrected chi connectivity index (χ2v) is 6.81. The average molecular weight is 316 g/mol. The van der Waals surface area contributed by atoms with Gasteiger partial charge in [-0.3, -0.25) is 4.79 Å². The Labute approximate surface area is 125 Å². The molecule has 0 aromatic carbocycles. The van der Waals surface area contributed by atoms with Crippen LogP contribution >= 0.6 is 34.7 Å². The molecule has 0 fully saturated rings. The van der Waals surface area contributed by atoms with Crippen LogP contribution in [-0.2, 0) is 18.4 Å². The zero-order valence-electron chi connectivity index (χ0n) is 10.7. The first kappa shape index (κ1) is 14.4. The molecule has 0 radical (unpaired) electrons. The van der Waals surface area contributed by atoms with Gasteiger partial charge in [-0.05, 0) is 12.1 Å². The van der Waals surface area contributed by atoms with Crippen molar-refractivity contribution in [3.8, 4) is 0 Å². The first-order valence-electron chi connectivity index (χ1n) is 5.64. The van der Waals surface area contributed by atoms with E-state index in [1.54, 1.807) is 18.1 Å². The lowest BCUT2D eigenvalue weighted by Gasteiger charge is -2.15. The summed E-state index contributed by atoms with van der Waals surface area (Å²) in [5.41, 5.74) is 0.